The molecule has 1 aromatic rings. The molecule has 0 bridgehead atoms. The summed E-state index contributed by atoms with van der Waals surface area (Å²) in [5.41, 5.74) is 1.09. The average Bonchev–Trinajstić information content (AvgIpc) is 2.70. The molecule has 0 saturated carbocycles. The number of rotatable bonds is 14. The van der Waals surface area contributed by atoms with Crippen LogP contribution in [0.4, 0.5) is 0 Å². The lowest BCUT2D eigenvalue weighted by atomic mass is 10.2. The highest BCUT2D eigenvalue weighted by molar-refractivity contribution is 5.89. The largest absolute Gasteiger partial charge is 0.491 e. The Balaban J connectivity index is 0.000000954. The molecule has 0 radical (unpaired) electrons. The van der Waals surface area contributed by atoms with Crippen molar-refractivity contribution in [2.75, 3.05) is 26.4 Å². The zero-order valence-electron chi connectivity index (χ0n) is 18.6. The SMILES string of the molecule is CC(C)NC[C@@H](O)COc1ccc(COCCOC(C)C)cc1.O=C(O)/C=C/C(=O)O. The quantitative estimate of drug-likeness (QED) is 0.253. The number of carboxylic acids is 2. The number of carboxylic acid groups (broad SMARTS) is 2. The van der Waals surface area contributed by atoms with Gasteiger partial charge in [0.25, 0.3) is 0 Å². The van der Waals surface area contributed by atoms with Gasteiger partial charge in [-0.25, -0.2) is 9.59 Å². The van der Waals surface area contributed by atoms with Gasteiger partial charge in [-0.1, -0.05) is 26.0 Å². The molecule has 0 heterocycles. The number of benzene rings is 1. The van der Waals surface area contributed by atoms with E-state index in [2.05, 4.69) is 5.32 Å². The molecule has 1 aromatic carbocycles. The van der Waals surface area contributed by atoms with E-state index < -0.39 is 18.0 Å². The maximum absolute atomic E-state index is 9.80. The Morgan fingerprint density at radius 2 is 1.58 bits per heavy atom. The van der Waals surface area contributed by atoms with Gasteiger partial charge in [0, 0.05) is 24.7 Å². The number of ether oxygens (including phenoxy) is 3. The van der Waals surface area contributed by atoms with Crippen LogP contribution in [0.5, 0.6) is 5.75 Å². The molecular formula is C22H35NO8. The Hall–Kier alpha value is -2.46. The maximum atomic E-state index is 9.80. The van der Waals surface area contributed by atoms with Crippen molar-refractivity contribution in [2.45, 2.75) is 52.6 Å². The molecule has 1 rings (SSSR count). The lowest BCUT2D eigenvalue weighted by Crippen LogP contribution is -2.35. The maximum Gasteiger partial charge on any atom is 0.328 e. The van der Waals surface area contributed by atoms with Gasteiger partial charge in [-0.3, -0.25) is 0 Å². The molecule has 0 aliphatic heterocycles. The molecule has 31 heavy (non-hydrogen) atoms. The van der Waals surface area contributed by atoms with Gasteiger partial charge < -0.3 is 34.8 Å². The van der Waals surface area contributed by atoms with Crippen LogP contribution in [-0.2, 0) is 25.7 Å². The topological polar surface area (TPSA) is 135 Å². The minimum atomic E-state index is -1.26. The Kier molecular flexibility index (Phi) is 15.9. The van der Waals surface area contributed by atoms with Crippen LogP contribution in [0.3, 0.4) is 0 Å². The first-order valence-electron chi connectivity index (χ1n) is 10.1. The van der Waals surface area contributed by atoms with Crippen LogP contribution in [0, 0.1) is 0 Å². The molecule has 0 fully saturated rings. The van der Waals surface area contributed by atoms with E-state index in [1.54, 1.807) is 0 Å². The third kappa shape index (κ3) is 19.3. The Morgan fingerprint density at radius 3 is 2.06 bits per heavy atom. The van der Waals surface area contributed by atoms with Gasteiger partial charge in [-0.2, -0.15) is 0 Å². The lowest BCUT2D eigenvalue weighted by molar-refractivity contribution is -0.134. The summed E-state index contributed by atoms with van der Waals surface area (Å²) < 4.78 is 16.5. The van der Waals surface area contributed by atoms with Crippen LogP contribution in [0.15, 0.2) is 36.4 Å². The van der Waals surface area contributed by atoms with Gasteiger partial charge in [0.05, 0.1) is 25.9 Å². The summed E-state index contributed by atoms with van der Waals surface area (Å²) >= 11 is 0. The summed E-state index contributed by atoms with van der Waals surface area (Å²) in [5, 5.41) is 28.6. The van der Waals surface area contributed by atoms with Crippen LogP contribution >= 0.6 is 0 Å². The first-order chi connectivity index (χ1) is 14.6. The predicted octanol–water partition coefficient (Wildman–Crippen LogP) is 2.08. The smallest absolute Gasteiger partial charge is 0.328 e. The second-order valence-electron chi connectivity index (χ2n) is 7.15. The van der Waals surface area contributed by atoms with E-state index in [1.165, 1.54) is 0 Å². The standard InChI is InChI=1S/C18H31NO4.C4H4O4/c1-14(2)19-11-17(20)13-23-18-7-5-16(6-8-18)12-21-9-10-22-15(3)4;5-3(6)1-2-4(7)8/h5-8,14-15,17,19-20H,9-13H2,1-4H3;1-2H,(H,5,6)(H,7,8)/b;2-1+/t17-;/m1./s1. The van der Waals surface area contributed by atoms with Crippen LogP contribution in [-0.4, -0.2) is 71.9 Å². The molecule has 0 aliphatic carbocycles. The number of aliphatic hydroxyl groups is 1. The van der Waals surface area contributed by atoms with Crippen LogP contribution in [0.1, 0.15) is 33.3 Å². The fourth-order valence-electron chi connectivity index (χ4n) is 1.98. The van der Waals surface area contributed by atoms with E-state index in [4.69, 9.17) is 24.4 Å². The molecule has 0 aliphatic rings. The monoisotopic (exact) mass is 441 g/mol. The highest BCUT2D eigenvalue weighted by Gasteiger charge is 2.06. The third-order valence-corrected chi connectivity index (χ3v) is 3.44. The summed E-state index contributed by atoms with van der Waals surface area (Å²) in [4.78, 5) is 19.1. The normalized spacial score (nSPS) is 12.0. The van der Waals surface area contributed by atoms with E-state index >= 15 is 0 Å². The molecule has 9 nitrogen and oxygen atoms in total. The lowest BCUT2D eigenvalue weighted by Gasteiger charge is -2.15. The van der Waals surface area contributed by atoms with Gasteiger partial charge in [0.2, 0.25) is 0 Å². The van der Waals surface area contributed by atoms with Crippen LogP contribution in [0.25, 0.3) is 0 Å². The Morgan fingerprint density at radius 1 is 1.00 bits per heavy atom. The first-order valence-corrected chi connectivity index (χ1v) is 10.1. The number of hydrogen-bond donors (Lipinski definition) is 4. The summed E-state index contributed by atoms with van der Waals surface area (Å²) in [6, 6.07) is 8.09. The second kappa shape index (κ2) is 17.2. The minimum Gasteiger partial charge on any atom is -0.491 e. The van der Waals surface area contributed by atoms with E-state index in [-0.39, 0.29) is 12.7 Å². The van der Waals surface area contributed by atoms with Gasteiger partial charge >= 0.3 is 11.9 Å². The highest BCUT2D eigenvalue weighted by Crippen LogP contribution is 2.13. The van der Waals surface area contributed by atoms with Crippen molar-refractivity contribution >= 4 is 11.9 Å². The molecule has 176 valence electrons. The molecule has 9 heteroatoms. The van der Waals surface area contributed by atoms with Crippen molar-refractivity contribution in [3.05, 3.63) is 42.0 Å². The second-order valence-corrected chi connectivity index (χ2v) is 7.15. The molecule has 4 N–H and O–H groups in total. The fraction of sp³-hybridized carbons (Fsp3) is 0.545. The highest BCUT2D eigenvalue weighted by atomic mass is 16.5. The number of carbonyl (C=O) groups is 2. The summed E-state index contributed by atoms with van der Waals surface area (Å²) in [6.45, 7) is 10.7. The number of aliphatic hydroxyl groups excluding tert-OH is 1. The van der Waals surface area contributed by atoms with Gasteiger partial charge in [0.1, 0.15) is 18.5 Å². The van der Waals surface area contributed by atoms with Crippen LogP contribution < -0.4 is 10.1 Å². The molecule has 0 amide bonds. The average molecular weight is 442 g/mol. The summed E-state index contributed by atoms with van der Waals surface area (Å²) in [7, 11) is 0. The van der Waals surface area contributed by atoms with E-state index in [0.717, 1.165) is 11.3 Å². The Bertz CT molecular complexity index is 627. The first kappa shape index (κ1) is 28.5. The van der Waals surface area contributed by atoms with Crippen molar-refractivity contribution in [1.82, 2.24) is 5.32 Å². The predicted molar refractivity (Wildman–Crippen MR) is 116 cm³/mol. The zero-order chi connectivity index (χ0) is 23.6. The molecule has 0 aromatic heterocycles. The summed E-state index contributed by atoms with van der Waals surface area (Å²) in [6.07, 6.45) is 0.840. The Labute approximate surface area is 183 Å². The number of nitrogens with one attached hydrogen (secondary N) is 1. The summed E-state index contributed by atoms with van der Waals surface area (Å²) in [5.74, 6) is -1.76. The fourth-order valence-corrected chi connectivity index (χ4v) is 1.98. The van der Waals surface area contributed by atoms with Gasteiger partial charge in [-0.15, -0.1) is 0 Å². The molecule has 0 unspecified atom stereocenters. The van der Waals surface area contributed by atoms with Crippen molar-refractivity contribution in [3.8, 4) is 5.75 Å². The van der Waals surface area contributed by atoms with E-state index in [9.17, 15) is 14.7 Å². The third-order valence-electron chi connectivity index (χ3n) is 3.44. The molecule has 1 atom stereocenters. The zero-order valence-corrected chi connectivity index (χ0v) is 18.6. The number of hydrogen-bond acceptors (Lipinski definition) is 7. The molecule has 0 saturated heterocycles. The van der Waals surface area contributed by atoms with Crippen molar-refractivity contribution in [3.63, 3.8) is 0 Å². The molecular weight excluding hydrogens is 406 g/mol. The number of aliphatic carboxylic acids is 2. The van der Waals surface area contributed by atoms with Crippen molar-refractivity contribution in [1.29, 1.82) is 0 Å². The van der Waals surface area contributed by atoms with Crippen LogP contribution in [0.2, 0.25) is 0 Å². The van der Waals surface area contributed by atoms with E-state index in [1.807, 2.05) is 52.0 Å². The minimum absolute atomic E-state index is 0.237. The van der Waals surface area contributed by atoms with Gasteiger partial charge in [0.15, 0.2) is 0 Å². The van der Waals surface area contributed by atoms with E-state index in [0.29, 0.717) is 44.6 Å². The van der Waals surface area contributed by atoms with Crippen molar-refractivity contribution in [2.24, 2.45) is 0 Å². The molecule has 0 spiro atoms. The van der Waals surface area contributed by atoms with Gasteiger partial charge in [-0.05, 0) is 31.5 Å². The van der Waals surface area contributed by atoms with Crippen molar-refractivity contribution < 1.29 is 39.1 Å².